The number of methoxy groups -OCH3 is 1. The van der Waals surface area contributed by atoms with E-state index in [4.69, 9.17) is 9.47 Å². The second-order valence-corrected chi connectivity index (χ2v) is 10.5. The number of aromatic nitrogens is 1. The van der Waals surface area contributed by atoms with E-state index in [1.807, 2.05) is 67.6 Å². The summed E-state index contributed by atoms with van der Waals surface area (Å²) in [6, 6.07) is 20.1. The molecule has 1 heterocycles. The van der Waals surface area contributed by atoms with Crippen molar-refractivity contribution in [3.8, 4) is 5.75 Å². The van der Waals surface area contributed by atoms with Gasteiger partial charge in [0.25, 0.3) is 5.91 Å². The molecule has 3 aromatic rings. The van der Waals surface area contributed by atoms with Gasteiger partial charge in [-0.1, -0.05) is 48.5 Å². The summed E-state index contributed by atoms with van der Waals surface area (Å²) >= 11 is 1.58. The van der Waals surface area contributed by atoms with Crippen LogP contribution in [-0.4, -0.2) is 47.2 Å². The van der Waals surface area contributed by atoms with Crippen LogP contribution in [-0.2, 0) is 19.7 Å². The fraction of sp³-hybridized carbons (Fsp3) is 0.310. The molecule has 0 aliphatic rings. The predicted octanol–water partition coefficient (Wildman–Crippen LogP) is 5.04. The van der Waals surface area contributed by atoms with Crippen molar-refractivity contribution in [1.82, 2.24) is 10.3 Å². The van der Waals surface area contributed by atoms with E-state index in [1.165, 1.54) is 40.1 Å². The number of ether oxygens (including phenoxy) is 2. The molecule has 0 spiro atoms. The standard InChI is InChI=1S/C29H32N2O6S/c1-18(31-26(32)24-23(29(3,4)28(34)35)22(36-5)16-17-30-24)27(33)37-19(2)25(20-12-8-6-9-13-20)38-21-14-10-7-11-15-21/h6-19,25H,1-5H3,(H,31,32)(H,34,35)/t18?,19-,25-/m0/s1. The highest BCUT2D eigenvalue weighted by Gasteiger charge is 2.38. The molecule has 0 fully saturated rings. The smallest absolute Gasteiger partial charge is 0.328 e. The van der Waals surface area contributed by atoms with Gasteiger partial charge in [-0.2, -0.15) is 0 Å². The van der Waals surface area contributed by atoms with Gasteiger partial charge < -0.3 is 19.9 Å². The van der Waals surface area contributed by atoms with Gasteiger partial charge >= 0.3 is 11.9 Å². The quantitative estimate of drug-likeness (QED) is 0.259. The van der Waals surface area contributed by atoms with Gasteiger partial charge in [-0.05, 0) is 51.5 Å². The van der Waals surface area contributed by atoms with Gasteiger partial charge in [0.05, 0.1) is 17.8 Å². The minimum atomic E-state index is -1.47. The molecule has 0 radical (unpaired) electrons. The number of carboxylic acid groups (broad SMARTS) is 1. The van der Waals surface area contributed by atoms with Crippen LogP contribution in [0.5, 0.6) is 5.75 Å². The lowest BCUT2D eigenvalue weighted by molar-refractivity contribution is -0.150. The first-order chi connectivity index (χ1) is 18.1. The molecule has 2 N–H and O–H groups in total. The lowest BCUT2D eigenvalue weighted by Gasteiger charge is -2.26. The number of aliphatic carboxylic acids is 1. The zero-order valence-electron chi connectivity index (χ0n) is 22.0. The summed E-state index contributed by atoms with van der Waals surface area (Å²) in [6.45, 7) is 6.24. The number of nitrogens with one attached hydrogen (secondary N) is 1. The fourth-order valence-corrected chi connectivity index (χ4v) is 5.04. The maximum atomic E-state index is 13.2. The van der Waals surface area contributed by atoms with E-state index in [0.29, 0.717) is 0 Å². The maximum Gasteiger partial charge on any atom is 0.328 e. The van der Waals surface area contributed by atoms with Gasteiger partial charge in [-0.15, -0.1) is 11.8 Å². The topological polar surface area (TPSA) is 115 Å². The number of benzene rings is 2. The molecule has 0 bridgehead atoms. The van der Waals surface area contributed by atoms with E-state index in [-0.39, 0.29) is 22.3 Å². The van der Waals surface area contributed by atoms with E-state index in [2.05, 4.69) is 10.3 Å². The van der Waals surface area contributed by atoms with Gasteiger partial charge in [0, 0.05) is 16.7 Å². The van der Waals surface area contributed by atoms with Crippen molar-refractivity contribution in [1.29, 1.82) is 0 Å². The van der Waals surface area contributed by atoms with Crippen LogP contribution < -0.4 is 10.1 Å². The number of thioether (sulfide) groups is 1. The minimum Gasteiger partial charge on any atom is -0.496 e. The summed E-state index contributed by atoms with van der Waals surface area (Å²) in [5.41, 5.74) is -0.488. The van der Waals surface area contributed by atoms with Crippen LogP contribution in [0.25, 0.3) is 0 Å². The highest BCUT2D eigenvalue weighted by Crippen LogP contribution is 2.39. The van der Waals surface area contributed by atoms with Crippen LogP contribution in [0.3, 0.4) is 0 Å². The molecule has 2 aromatic carbocycles. The number of rotatable bonds is 11. The van der Waals surface area contributed by atoms with E-state index in [9.17, 15) is 19.5 Å². The number of hydrogen-bond donors (Lipinski definition) is 2. The largest absolute Gasteiger partial charge is 0.496 e. The van der Waals surface area contributed by atoms with Gasteiger partial charge in [-0.3, -0.25) is 14.6 Å². The monoisotopic (exact) mass is 536 g/mol. The van der Waals surface area contributed by atoms with E-state index in [1.54, 1.807) is 11.8 Å². The summed E-state index contributed by atoms with van der Waals surface area (Å²) in [5, 5.41) is 12.2. The normalized spacial score (nSPS) is 13.6. The molecule has 200 valence electrons. The molecule has 3 rings (SSSR count). The number of amides is 1. The molecule has 9 heteroatoms. The SMILES string of the molecule is COc1ccnc(C(=O)NC(C)C(=O)O[C@@H](C)[C@H](Sc2ccccc2)c2ccccc2)c1C(C)(C)C(=O)O. The van der Waals surface area contributed by atoms with E-state index >= 15 is 0 Å². The van der Waals surface area contributed by atoms with Gasteiger partial charge in [0.1, 0.15) is 23.6 Å². The molecular formula is C29H32N2O6S. The van der Waals surface area contributed by atoms with Crippen LogP contribution in [0.4, 0.5) is 0 Å². The van der Waals surface area contributed by atoms with E-state index < -0.39 is 35.4 Å². The Bertz CT molecular complexity index is 1270. The summed E-state index contributed by atoms with van der Waals surface area (Å²) in [4.78, 5) is 43.3. The zero-order valence-corrected chi connectivity index (χ0v) is 22.8. The van der Waals surface area contributed by atoms with Crippen molar-refractivity contribution < 1.29 is 29.0 Å². The molecule has 1 aromatic heterocycles. The second kappa shape index (κ2) is 12.6. The summed E-state index contributed by atoms with van der Waals surface area (Å²) in [6.07, 6.45) is 0.830. The van der Waals surface area contributed by atoms with Crippen molar-refractivity contribution in [3.05, 3.63) is 89.7 Å². The lowest BCUT2D eigenvalue weighted by Crippen LogP contribution is -2.43. The molecule has 1 unspecified atom stereocenters. The highest BCUT2D eigenvalue weighted by atomic mass is 32.2. The van der Waals surface area contributed by atoms with E-state index in [0.717, 1.165) is 10.5 Å². The molecule has 0 saturated carbocycles. The average molecular weight is 537 g/mol. The minimum absolute atomic E-state index is 0.116. The Kier molecular flexibility index (Phi) is 9.52. The van der Waals surface area contributed by atoms with Gasteiger partial charge in [-0.25, -0.2) is 4.79 Å². The number of nitrogens with zero attached hydrogens (tertiary/aromatic N) is 1. The lowest BCUT2D eigenvalue weighted by atomic mass is 9.82. The Morgan fingerprint density at radius 1 is 0.974 bits per heavy atom. The Hall–Kier alpha value is -3.85. The molecule has 8 nitrogen and oxygen atoms in total. The molecular weight excluding hydrogens is 504 g/mol. The van der Waals surface area contributed by atoms with Crippen molar-refractivity contribution >= 4 is 29.6 Å². The first-order valence-electron chi connectivity index (χ1n) is 12.1. The van der Waals surface area contributed by atoms with Crippen LogP contribution >= 0.6 is 11.8 Å². The van der Waals surface area contributed by atoms with Crippen molar-refractivity contribution in [2.24, 2.45) is 0 Å². The zero-order chi connectivity index (χ0) is 27.9. The van der Waals surface area contributed by atoms with Crippen LogP contribution in [0, 0.1) is 0 Å². The molecule has 1 amide bonds. The predicted molar refractivity (Wildman–Crippen MR) is 145 cm³/mol. The first kappa shape index (κ1) is 28.7. The number of carbonyl (C=O) groups excluding carboxylic acids is 2. The Morgan fingerprint density at radius 3 is 2.16 bits per heavy atom. The Labute approximate surface area is 226 Å². The Morgan fingerprint density at radius 2 is 1.58 bits per heavy atom. The van der Waals surface area contributed by atoms with Crippen LogP contribution in [0.1, 0.15) is 54.6 Å². The highest BCUT2D eigenvalue weighted by molar-refractivity contribution is 7.99. The third-order valence-corrected chi connectivity index (χ3v) is 7.53. The maximum absolute atomic E-state index is 13.2. The number of esters is 1. The fourth-order valence-electron chi connectivity index (χ4n) is 3.89. The summed E-state index contributed by atoms with van der Waals surface area (Å²) in [5.74, 6) is -2.27. The van der Waals surface area contributed by atoms with Crippen molar-refractivity contribution in [2.45, 2.75) is 55.4 Å². The first-order valence-corrected chi connectivity index (χ1v) is 13.0. The molecule has 0 aliphatic heterocycles. The summed E-state index contributed by atoms with van der Waals surface area (Å²) in [7, 11) is 1.39. The Balaban J connectivity index is 1.78. The van der Waals surface area contributed by atoms with Crippen LogP contribution in [0.2, 0.25) is 0 Å². The third kappa shape index (κ3) is 6.72. The molecule has 3 atom stereocenters. The third-order valence-electron chi connectivity index (χ3n) is 6.07. The average Bonchev–Trinajstić information content (AvgIpc) is 2.91. The van der Waals surface area contributed by atoms with Gasteiger partial charge in [0.2, 0.25) is 0 Å². The van der Waals surface area contributed by atoms with Crippen LogP contribution in [0.15, 0.2) is 77.8 Å². The second-order valence-electron chi connectivity index (χ2n) is 9.27. The number of hydrogen-bond acceptors (Lipinski definition) is 7. The summed E-state index contributed by atoms with van der Waals surface area (Å²) < 4.78 is 11.1. The molecule has 38 heavy (non-hydrogen) atoms. The van der Waals surface area contributed by atoms with Crippen molar-refractivity contribution in [3.63, 3.8) is 0 Å². The van der Waals surface area contributed by atoms with Gasteiger partial charge in [0.15, 0.2) is 0 Å². The molecule has 0 aliphatic carbocycles. The van der Waals surface area contributed by atoms with Crippen molar-refractivity contribution in [2.75, 3.05) is 7.11 Å². The molecule has 0 saturated heterocycles. The number of carboxylic acids is 1. The number of carbonyl (C=O) groups is 3. The number of pyridine rings is 1.